The van der Waals surface area contributed by atoms with E-state index in [0.717, 1.165) is 12.1 Å². The van der Waals surface area contributed by atoms with Crippen molar-refractivity contribution in [2.45, 2.75) is 13.3 Å². The van der Waals surface area contributed by atoms with Crippen molar-refractivity contribution in [2.75, 3.05) is 5.84 Å². The van der Waals surface area contributed by atoms with E-state index in [1.807, 2.05) is 13.0 Å². The van der Waals surface area contributed by atoms with Gasteiger partial charge in [-0.2, -0.15) is 0 Å². The molecule has 0 radical (unpaired) electrons. The van der Waals surface area contributed by atoms with Crippen molar-refractivity contribution < 1.29 is 4.79 Å². The summed E-state index contributed by atoms with van der Waals surface area (Å²) in [7, 11) is 0. The third-order valence-electron chi connectivity index (χ3n) is 2.52. The topological polar surface area (TPSA) is 60.9 Å². The SMILES string of the molecule is CCc1ccc(C(=O)c2cccnc2)n1N. The van der Waals surface area contributed by atoms with Crippen molar-refractivity contribution in [2.24, 2.45) is 0 Å². The van der Waals surface area contributed by atoms with Gasteiger partial charge in [0.05, 0.1) is 0 Å². The van der Waals surface area contributed by atoms with Gasteiger partial charge in [-0.15, -0.1) is 0 Å². The number of hydrogen-bond acceptors (Lipinski definition) is 3. The summed E-state index contributed by atoms with van der Waals surface area (Å²) < 4.78 is 1.44. The molecule has 0 aliphatic heterocycles. The smallest absolute Gasteiger partial charge is 0.212 e. The van der Waals surface area contributed by atoms with Crippen LogP contribution in [0.4, 0.5) is 0 Å². The van der Waals surface area contributed by atoms with Crippen molar-refractivity contribution in [3.8, 4) is 0 Å². The molecule has 4 nitrogen and oxygen atoms in total. The summed E-state index contributed by atoms with van der Waals surface area (Å²) in [6, 6.07) is 7.07. The van der Waals surface area contributed by atoms with Crippen LogP contribution in [-0.2, 0) is 6.42 Å². The summed E-state index contributed by atoms with van der Waals surface area (Å²) in [4.78, 5) is 16.0. The monoisotopic (exact) mass is 215 g/mol. The molecule has 2 N–H and O–H groups in total. The Morgan fingerprint density at radius 1 is 1.44 bits per heavy atom. The Bertz CT molecular complexity index is 502. The molecule has 0 fully saturated rings. The number of nitrogen functional groups attached to an aromatic ring is 1. The van der Waals surface area contributed by atoms with Crippen LogP contribution in [0.3, 0.4) is 0 Å². The van der Waals surface area contributed by atoms with E-state index >= 15 is 0 Å². The maximum absolute atomic E-state index is 12.1. The molecule has 2 rings (SSSR count). The third kappa shape index (κ3) is 1.69. The van der Waals surface area contributed by atoms with E-state index in [2.05, 4.69) is 4.98 Å². The van der Waals surface area contributed by atoms with Crippen LogP contribution >= 0.6 is 0 Å². The maximum atomic E-state index is 12.1. The molecule has 0 aromatic carbocycles. The number of ketones is 1. The minimum Gasteiger partial charge on any atom is -0.339 e. The van der Waals surface area contributed by atoms with E-state index in [1.54, 1.807) is 30.6 Å². The van der Waals surface area contributed by atoms with E-state index in [1.165, 1.54) is 4.68 Å². The van der Waals surface area contributed by atoms with Gasteiger partial charge < -0.3 is 5.84 Å². The van der Waals surface area contributed by atoms with E-state index < -0.39 is 0 Å². The van der Waals surface area contributed by atoms with Crippen molar-refractivity contribution in [1.82, 2.24) is 9.66 Å². The lowest BCUT2D eigenvalue weighted by Gasteiger charge is -2.04. The Labute approximate surface area is 93.7 Å². The fourth-order valence-corrected chi connectivity index (χ4v) is 1.61. The van der Waals surface area contributed by atoms with Gasteiger partial charge in [0.1, 0.15) is 5.69 Å². The predicted octanol–water partition coefficient (Wildman–Crippen LogP) is 1.39. The summed E-state index contributed by atoms with van der Waals surface area (Å²) in [5, 5.41) is 0. The average Bonchev–Trinajstić information content (AvgIpc) is 2.70. The Morgan fingerprint density at radius 3 is 2.81 bits per heavy atom. The number of carbonyl (C=O) groups is 1. The minimum absolute atomic E-state index is 0.102. The molecule has 2 heterocycles. The molecule has 0 aliphatic carbocycles. The number of aromatic nitrogens is 2. The number of rotatable bonds is 3. The Balaban J connectivity index is 2.38. The highest BCUT2D eigenvalue weighted by atomic mass is 16.1. The van der Waals surface area contributed by atoms with E-state index in [-0.39, 0.29) is 5.78 Å². The first-order valence-electron chi connectivity index (χ1n) is 5.14. The van der Waals surface area contributed by atoms with Gasteiger partial charge in [-0.25, -0.2) is 0 Å². The first kappa shape index (κ1) is 10.4. The lowest BCUT2D eigenvalue weighted by Crippen LogP contribution is -2.19. The zero-order chi connectivity index (χ0) is 11.5. The zero-order valence-electron chi connectivity index (χ0n) is 9.05. The number of hydrogen-bond donors (Lipinski definition) is 1. The zero-order valence-corrected chi connectivity index (χ0v) is 9.05. The van der Waals surface area contributed by atoms with E-state index in [9.17, 15) is 4.79 Å². The quantitative estimate of drug-likeness (QED) is 0.621. The highest BCUT2D eigenvalue weighted by Gasteiger charge is 2.14. The summed E-state index contributed by atoms with van der Waals surface area (Å²) >= 11 is 0. The molecule has 0 spiro atoms. The van der Waals surface area contributed by atoms with Crippen molar-refractivity contribution in [1.29, 1.82) is 0 Å². The van der Waals surface area contributed by atoms with Crippen molar-refractivity contribution >= 4 is 5.78 Å². The summed E-state index contributed by atoms with van der Waals surface area (Å²) in [6.45, 7) is 2.00. The van der Waals surface area contributed by atoms with Gasteiger partial charge in [-0.1, -0.05) is 6.92 Å². The predicted molar refractivity (Wildman–Crippen MR) is 61.6 cm³/mol. The van der Waals surface area contributed by atoms with Crippen LogP contribution in [0.25, 0.3) is 0 Å². The molecular formula is C12H13N3O. The first-order valence-corrected chi connectivity index (χ1v) is 5.14. The van der Waals surface area contributed by atoms with E-state index in [0.29, 0.717) is 11.3 Å². The molecule has 0 amide bonds. The van der Waals surface area contributed by atoms with Gasteiger partial charge in [0.2, 0.25) is 5.78 Å². The summed E-state index contributed by atoms with van der Waals surface area (Å²) in [6.07, 6.45) is 3.98. The molecule has 0 aliphatic rings. The van der Waals surface area contributed by atoms with Crippen LogP contribution in [0.15, 0.2) is 36.7 Å². The van der Waals surface area contributed by atoms with Gasteiger partial charge in [-0.3, -0.25) is 14.5 Å². The normalized spacial score (nSPS) is 10.3. The fraction of sp³-hybridized carbons (Fsp3) is 0.167. The minimum atomic E-state index is -0.102. The molecule has 0 saturated heterocycles. The third-order valence-corrected chi connectivity index (χ3v) is 2.52. The van der Waals surface area contributed by atoms with Crippen LogP contribution in [0.2, 0.25) is 0 Å². The summed E-state index contributed by atoms with van der Waals surface area (Å²) in [5.74, 6) is 5.73. The second kappa shape index (κ2) is 4.18. The Hall–Kier alpha value is -2.10. The second-order valence-corrected chi connectivity index (χ2v) is 3.50. The van der Waals surface area contributed by atoms with Crippen molar-refractivity contribution in [3.63, 3.8) is 0 Å². The highest BCUT2D eigenvalue weighted by Crippen LogP contribution is 2.11. The van der Waals surface area contributed by atoms with Gasteiger partial charge in [0.15, 0.2) is 0 Å². The molecule has 0 unspecified atom stereocenters. The molecule has 2 aromatic heterocycles. The number of nitrogens with two attached hydrogens (primary N) is 1. The Kier molecular flexibility index (Phi) is 2.72. The van der Waals surface area contributed by atoms with Gasteiger partial charge in [0, 0.05) is 23.7 Å². The van der Waals surface area contributed by atoms with Gasteiger partial charge in [-0.05, 0) is 30.7 Å². The summed E-state index contributed by atoms with van der Waals surface area (Å²) in [5.41, 5.74) is 1.98. The van der Waals surface area contributed by atoms with Crippen LogP contribution in [0, 0.1) is 0 Å². The van der Waals surface area contributed by atoms with Crippen LogP contribution in [0.5, 0.6) is 0 Å². The van der Waals surface area contributed by atoms with Crippen molar-refractivity contribution in [3.05, 3.63) is 53.6 Å². The second-order valence-electron chi connectivity index (χ2n) is 3.50. The number of carbonyl (C=O) groups excluding carboxylic acids is 1. The average molecular weight is 215 g/mol. The van der Waals surface area contributed by atoms with Gasteiger partial charge >= 0.3 is 0 Å². The Morgan fingerprint density at radius 2 is 2.25 bits per heavy atom. The molecule has 82 valence electrons. The lowest BCUT2D eigenvalue weighted by molar-refractivity contribution is 0.103. The largest absolute Gasteiger partial charge is 0.339 e. The first-order chi connectivity index (χ1) is 7.74. The fourth-order valence-electron chi connectivity index (χ4n) is 1.61. The van der Waals surface area contributed by atoms with Crippen LogP contribution < -0.4 is 5.84 Å². The molecule has 0 bridgehead atoms. The van der Waals surface area contributed by atoms with E-state index in [4.69, 9.17) is 5.84 Å². The number of nitrogens with zero attached hydrogens (tertiary/aromatic N) is 2. The number of aryl methyl sites for hydroxylation is 1. The van der Waals surface area contributed by atoms with Crippen LogP contribution in [-0.4, -0.2) is 15.4 Å². The number of pyridine rings is 1. The molecule has 16 heavy (non-hydrogen) atoms. The standard InChI is InChI=1S/C12H13N3O/c1-2-10-5-6-11(15(10)13)12(16)9-4-3-7-14-8-9/h3-8H,2,13H2,1H3. The maximum Gasteiger partial charge on any atom is 0.212 e. The molecule has 0 saturated carbocycles. The van der Waals surface area contributed by atoms with Crippen LogP contribution in [0.1, 0.15) is 28.7 Å². The lowest BCUT2D eigenvalue weighted by atomic mass is 10.1. The molecule has 2 aromatic rings. The molecule has 0 atom stereocenters. The van der Waals surface area contributed by atoms with Gasteiger partial charge in [0.25, 0.3) is 0 Å². The molecule has 4 heteroatoms. The molecular weight excluding hydrogens is 202 g/mol. The highest BCUT2D eigenvalue weighted by molar-refractivity contribution is 6.07.